The second kappa shape index (κ2) is 27.5. The van der Waals surface area contributed by atoms with Gasteiger partial charge in [-0.25, -0.2) is 0 Å². The van der Waals surface area contributed by atoms with Crippen molar-refractivity contribution < 1.29 is 4.74 Å². The SMILES string of the molecule is C#CCCCCCCCCCCCCCCCCCCCCCCCCCOC. The maximum absolute atomic E-state index is 5.27. The summed E-state index contributed by atoms with van der Waals surface area (Å²) < 4.78 is 5.09. The fourth-order valence-corrected chi connectivity index (χ4v) is 4.19. The molecule has 29 heavy (non-hydrogen) atoms. The number of ether oxygens (including phenoxy) is 1. The van der Waals surface area contributed by atoms with Gasteiger partial charge in [0.15, 0.2) is 0 Å². The standard InChI is InChI=1S/C28H54O/c1-3-4-5-6-7-8-9-10-11-12-13-14-15-16-17-18-19-20-21-22-23-24-25-26-27-28-29-2/h1H,4-28H2,2H3. The smallest absolute Gasteiger partial charge is 0.0462 e. The minimum Gasteiger partial charge on any atom is -0.385 e. The van der Waals surface area contributed by atoms with Crippen LogP contribution in [0.25, 0.3) is 0 Å². The van der Waals surface area contributed by atoms with Gasteiger partial charge in [0.2, 0.25) is 0 Å². The summed E-state index contributed by atoms with van der Waals surface area (Å²) in [4.78, 5) is 0. The molecule has 0 fully saturated rings. The quantitative estimate of drug-likeness (QED) is 0.108. The number of rotatable bonds is 25. The van der Waals surface area contributed by atoms with Crippen LogP contribution in [0.2, 0.25) is 0 Å². The van der Waals surface area contributed by atoms with Gasteiger partial charge in [0.1, 0.15) is 0 Å². The van der Waals surface area contributed by atoms with Gasteiger partial charge in [-0.05, 0) is 12.8 Å². The maximum atomic E-state index is 5.27. The molecular weight excluding hydrogens is 352 g/mol. The summed E-state index contributed by atoms with van der Waals surface area (Å²) in [5.74, 6) is 2.73. The maximum Gasteiger partial charge on any atom is 0.0462 e. The van der Waals surface area contributed by atoms with Crippen LogP contribution in [-0.2, 0) is 4.74 Å². The van der Waals surface area contributed by atoms with Crippen molar-refractivity contribution in [1.29, 1.82) is 0 Å². The summed E-state index contributed by atoms with van der Waals surface area (Å²) in [5, 5.41) is 0. The molecule has 0 saturated carbocycles. The Morgan fingerprint density at radius 1 is 0.414 bits per heavy atom. The van der Waals surface area contributed by atoms with Crippen molar-refractivity contribution in [3.63, 3.8) is 0 Å². The molecule has 0 aliphatic carbocycles. The van der Waals surface area contributed by atoms with E-state index < -0.39 is 0 Å². The third-order valence-corrected chi connectivity index (χ3v) is 6.17. The fourth-order valence-electron chi connectivity index (χ4n) is 4.19. The van der Waals surface area contributed by atoms with Crippen LogP contribution < -0.4 is 0 Å². The van der Waals surface area contributed by atoms with Gasteiger partial charge in [0.25, 0.3) is 0 Å². The molecule has 1 nitrogen and oxygen atoms in total. The summed E-state index contributed by atoms with van der Waals surface area (Å²) >= 11 is 0. The van der Waals surface area contributed by atoms with E-state index >= 15 is 0 Å². The molecule has 0 atom stereocenters. The number of terminal acetylenes is 1. The number of methoxy groups -OCH3 is 1. The normalized spacial score (nSPS) is 11.0. The highest BCUT2D eigenvalue weighted by atomic mass is 16.5. The predicted molar refractivity (Wildman–Crippen MR) is 132 cm³/mol. The van der Waals surface area contributed by atoms with Crippen LogP contribution in [0.15, 0.2) is 0 Å². The molecule has 0 heterocycles. The first-order valence-corrected chi connectivity index (χ1v) is 13.3. The number of unbranched alkanes of at least 4 members (excludes halogenated alkanes) is 23. The lowest BCUT2D eigenvalue weighted by Gasteiger charge is -2.04. The van der Waals surface area contributed by atoms with Crippen molar-refractivity contribution in [2.45, 2.75) is 154 Å². The Hall–Kier alpha value is -0.480. The molecule has 0 rings (SSSR count). The van der Waals surface area contributed by atoms with E-state index in [2.05, 4.69) is 5.92 Å². The zero-order valence-electron chi connectivity index (χ0n) is 20.2. The van der Waals surface area contributed by atoms with Gasteiger partial charge < -0.3 is 4.74 Å². The van der Waals surface area contributed by atoms with Gasteiger partial charge in [-0.15, -0.1) is 12.3 Å². The van der Waals surface area contributed by atoms with Crippen molar-refractivity contribution in [1.82, 2.24) is 0 Å². The predicted octanol–water partition coefficient (Wildman–Crippen LogP) is 9.63. The van der Waals surface area contributed by atoms with Gasteiger partial charge in [-0.2, -0.15) is 0 Å². The van der Waals surface area contributed by atoms with E-state index in [9.17, 15) is 0 Å². The van der Waals surface area contributed by atoms with E-state index in [1.807, 2.05) is 0 Å². The highest BCUT2D eigenvalue weighted by molar-refractivity contribution is 4.82. The Bertz CT molecular complexity index is 317. The molecule has 0 spiro atoms. The van der Waals surface area contributed by atoms with Crippen LogP contribution in [0.5, 0.6) is 0 Å². The van der Waals surface area contributed by atoms with Crippen LogP contribution >= 0.6 is 0 Å². The molecule has 0 aliphatic rings. The molecule has 0 aromatic carbocycles. The Kier molecular flexibility index (Phi) is 27.1. The molecule has 0 radical (unpaired) electrons. The van der Waals surface area contributed by atoms with Crippen molar-refractivity contribution in [3.8, 4) is 12.3 Å². The fraction of sp³-hybridized carbons (Fsp3) is 0.929. The summed E-state index contributed by atoms with van der Waals surface area (Å²) in [6.45, 7) is 0.940. The number of hydrogen-bond donors (Lipinski definition) is 0. The molecule has 0 saturated heterocycles. The Morgan fingerprint density at radius 2 is 0.655 bits per heavy atom. The van der Waals surface area contributed by atoms with Gasteiger partial charge in [-0.1, -0.05) is 135 Å². The second-order valence-corrected chi connectivity index (χ2v) is 9.08. The average molecular weight is 407 g/mol. The van der Waals surface area contributed by atoms with E-state index in [1.165, 1.54) is 148 Å². The summed E-state index contributed by atoms with van der Waals surface area (Å²) in [5.41, 5.74) is 0. The van der Waals surface area contributed by atoms with Crippen LogP contribution in [0.1, 0.15) is 154 Å². The summed E-state index contributed by atoms with van der Waals surface area (Å²) in [6.07, 6.45) is 38.9. The largest absolute Gasteiger partial charge is 0.385 e. The summed E-state index contributed by atoms with van der Waals surface area (Å²) in [6, 6.07) is 0. The van der Waals surface area contributed by atoms with Gasteiger partial charge in [0.05, 0.1) is 0 Å². The van der Waals surface area contributed by atoms with Crippen molar-refractivity contribution in [3.05, 3.63) is 0 Å². The second-order valence-electron chi connectivity index (χ2n) is 9.08. The van der Waals surface area contributed by atoms with Crippen LogP contribution in [0.3, 0.4) is 0 Å². The first-order valence-electron chi connectivity index (χ1n) is 13.3. The Morgan fingerprint density at radius 3 is 0.897 bits per heavy atom. The molecule has 0 N–H and O–H groups in total. The molecule has 0 unspecified atom stereocenters. The highest BCUT2D eigenvalue weighted by Crippen LogP contribution is 2.15. The average Bonchev–Trinajstić information content (AvgIpc) is 2.74. The zero-order valence-corrected chi connectivity index (χ0v) is 20.2. The van der Waals surface area contributed by atoms with Crippen molar-refractivity contribution >= 4 is 0 Å². The van der Waals surface area contributed by atoms with Crippen LogP contribution in [0.4, 0.5) is 0 Å². The minimum absolute atomic E-state index is 0.940. The van der Waals surface area contributed by atoms with Crippen molar-refractivity contribution in [2.75, 3.05) is 13.7 Å². The molecular formula is C28H54O. The number of hydrogen-bond acceptors (Lipinski definition) is 1. The molecule has 0 bridgehead atoms. The van der Waals surface area contributed by atoms with Gasteiger partial charge >= 0.3 is 0 Å². The van der Waals surface area contributed by atoms with E-state index in [0.717, 1.165) is 13.0 Å². The Balaban J connectivity index is 2.98. The highest BCUT2D eigenvalue weighted by Gasteiger charge is 1.96. The molecule has 172 valence electrons. The molecule has 0 aromatic heterocycles. The molecule has 1 heteroatoms. The lowest BCUT2D eigenvalue weighted by Crippen LogP contribution is -1.88. The monoisotopic (exact) mass is 406 g/mol. The molecule has 0 aliphatic heterocycles. The molecule has 0 amide bonds. The van der Waals surface area contributed by atoms with E-state index in [0.29, 0.717) is 0 Å². The first-order chi connectivity index (χ1) is 14.4. The minimum atomic E-state index is 0.940. The van der Waals surface area contributed by atoms with Crippen molar-refractivity contribution in [2.24, 2.45) is 0 Å². The third-order valence-electron chi connectivity index (χ3n) is 6.17. The van der Waals surface area contributed by atoms with E-state index in [1.54, 1.807) is 7.11 Å². The van der Waals surface area contributed by atoms with E-state index in [-0.39, 0.29) is 0 Å². The topological polar surface area (TPSA) is 9.23 Å². The van der Waals surface area contributed by atoms with Crippen LogP contribution in [-0.4, -0.2) is 13.7 Å². The Labute approximate surface area is 185 Å². The molecule has 0 aromatic rings. The third kappa shape index (κ3) is 27.5. The lowest BCUT2D eigenvalue weighted by molar-refractivity contribution is 0.192. The van der Waals surface area contributed by atoms with Gasteiger partial charge in [-0.3, -0.25) is 0 Å². The van der Waals surface area contributed by atoms with Crippen LogP contribution in [0, 0.1) is 12.3 Å². The van der Waals surface area contributed by atoms with Gasteiger partial charge in [0, 0.05) is 20.1 Å². The lowest BCUT2D eigenvalue weighted by atomic mass is 10.0. The van der Waals surface area contributed by atoms with E-state index in [4.69, 9.17) is 11.2 Å². The zero-order chi connectivity index (χ0) is 21.1. The first kappa shape index (κ1) is 28.5. The summed E-state index contributed by atoms with van der Waals surface area (Å²) in [7, 11) is 1.80.